The fourth-order valence-electron chi connectivity index (χ4n) is 2.34. The lowest BCUT2D eigenvalue weighted by atomic mass is 9.87. The van der Waals surface area contributed by atoms with Crippen LogP contribution >= 0.6 is 0 Å². The zero-order valence-corrected chi connectivity index (χ0v) is 7.92. The Morgan fingerprint density at radius 3 is 2.46 bits per heavy atom. The first-order chi connectivity index (χ1) is 6.31. The lowest BCUT2D eigenvalue weighted by molar-refractivity contribution is -0.123. The second-order valence-corrected chi connectivity index (χ2v) is 4.16. The van der Waals surface area contributed by atoms with Gasteiger partial charge in [-0.15, -0.1) is 0 Å². The van der Waals surface area contributed by atoms with Crippen molar-refractivity contribution < 1.29 is 9.53 Å². The maximum absolute atomic E-state index is 11.3. The number of allylic oxidation sites excluding steroid dienone is 1. The van der Waals surface area contributed by atoms with Gasteiger partial charge in [0, 0.05) is 6.08 Å². The Bertz CT molecular complexity index is 222. The van der Waals surface area contributed by atoms with Gasteiger partial charge in [0.05, 0.1) is 12.7 Å². The molecule has 13 heavy (non-hydrogen) atoms. The summed E-state index contributed by atoms with van der Waals surface area (Å²) in [6, 6.07) is 0. The van der Waals surface area contributed by atoms with Gasteiger partial charge in [0.1, 0.15) is 5.60 Å². The van der Waals surface area contributed by atoms with E-state index in [1.807, 2.05) is 0 Å². The SMILES string of the molecule is O=C1C=COC2(CCCCCC2)C1. The predicted molar refractivity (Wildman–Crippen MR) is 50.3 cm³/mol. The van der Waals surface area contributed by atoms with Crippen LogP contribution in [0.15, 0.2) is 12.3 Å². The number of carbonyl (C=O) groups excluding carboxylic acids is 1. The van der Waals surface area contributed by atoms with Gasteiger partial charge in [-0.3, -0.25) is 4.79 Å². The molecular weight excluding hydrogens is 164 g/mol. The number of hydrogen-bond acceptors (Lipinski definition) is 2. The first kappa shape index (κ1) is 8.79. The highest BCUT2D eigenvalue weighted by atomic mass is 16.5. The van der Waals surface area contributed by atoms with Crippen molar-refractivity contribution in [3.05, 3.63) is 12.3 Å². The molecule has 2 heteroatoms. The van der Waals surface area contributed by atoms with E-state index in [1.54, 1.807) is 12.3 Å². The van der Waals surface area contributed by atoms with Crippen LogP contribution in [-0.4, -0.2) is 11.4 Å². The summed E-state index contributed by atoms with van der Waals surface area (Å²) >= 11 is 0. The Morgan fingerprint density at radius 1 is 1.15 bits per heavy atom. The van der Waals surface area contributed by atoms with Gasteiger partial charge in [-0.2, -0.15) is 0 Å². The van der Waals surface area contributed by atoms with Gasteiger partial charge in [0.2, 0.25) is 0 Å². The summed E-state index contributed by atoms with van der Waals surface area (Å²) in [5.41, 5.74) is -0.123. The van der Waals surface area contributed by atoms with E-state index in [0.29, 0.717) is 6.42 Å². The van der Waals surface area contributed by atoms with Gasteiger partial charge in [0.15, 0.2) is 5.78 Å². The standard InChI is InChI=1S/C11H16O2/c12-10-5-8-13-11(9-10)6-3-1-2-4-7-11/h5,8H,1-4,6-7,9H2. The fraction of sp³-hybridized carbons (Fsp3) is 0.727. The molecule has 1 saturated carbocycles. The third-order valence-corrected chi connectivity index (χ3v) is 3.08. The average molecular weight is 180 g/mol. The number of ketones is 1. The van der Waals surface area contributed by atoms with Crippen LogP contribution in [0.1, 0.15) is 44.9 Å². The van der Waals surface area contributed by atoms with Crippen molar-refractivity contribution in [2.75, 3.05) is 0 Å². The van der Waals surface area contributed by atoms with E-state index in [-0.39, 0.29) is 11.4 Å². The van der Waals surface area contributed by atoms with Gasteiger partial charge in [-0.1, -0.05) is 12.8 Å². The maximum atomic E-state index is 11.3. The molecule has 0 saturated heterocycles. The lowest BCUT2D eigenvalue weighted by Gasteiger charge is -2.33. The molecule has 2 nitrogen and oxygen atoms in total. The van der Waals surface area contributed by atoms with Crippen molar-refractivity contribution in [3.8, 4) is 0 Å². The highest BCUT2D eigenvalue weighted by molar-refractivity contribution is 5.90. The zero-order valence-electron chi connectivity index (χ0n) is 7.92. The van der Waals surface area contributed by atoms with E-state index in [9.17, 15) is 4.79 Å². The number of hydrogen-bond donors (Lipinski definition) is 0. The molecule has 0 aromatic rings. The Hall–Kier alpha value is -0.790. The van der Waals surface area contributed by atoms with Crippen molar-refractivity contribution >= 4 is 5.78 Å². The van der Waals surface area contributed by atoms with Crippen molar-refractivity contribution in [3.63, 3.8) is 0 Å². The van der Waals surface area contributed by atoms with E-state index < -0.39 is 0 Å². The minimum absolute atomic E-state index is 0.123. The van der Waals surface area contributed by atoms with Crippen LogP contribution in [0.3, 0.4) is 0 Å². The Balaban J connectivity index is 2.09. The molecule has 1 heterocycles. The van der Waals surface area contributed by atoms with Crippen molar-refractivity contribution in [2.24, 2.45) is 0 Å². The van der Waals surface area contributed by atoms with Gasteiger partial charge in [-0.25, -0.2) is 0 Å². The summed E-state index contributed by atoms with van der Waals surface area (Å²) < 4.78 is 5.66. The molecule has 0 radical (unpaired) electrons. The normalized spacial score (nSPS) is 26.9. The number of rotatable bonds is 0. The number of ether oxygens (including phenoxy) is 1. The molecular formula is C11H16O2. The molecule has 1 spiro atoms. The molecule has 0 bridgehead atoms. The van der Waals surface area contributed by atoms with Crippen LogP contribution in [-0.2, 0) is 9.53 Å². The monoisotopic (exact) mass is 180 g/mol. The third-order valence-electron chi connectivity index (χ3n) is 3.08. The summed E-state index contributed by atoms with van der Waals surface area (Å²) in [6.45, 7) is 0. The third kappa shape index (κ3) is 1.93. The zero-order chi connectivity index (χ0) is 9.15. The molecule has 0 N–H and O–H groups in total. The second-order valence-electron chi connectivity index (χ2n) is 4.16. The van der Waals surface area contributed by atoms with Crippen LogP contribution < -0.4 is 0 Å². The van der Waals surface area contributed by atoms with Crippen LogP contribution in [0.5, 0.6) is 0 Å². The molecule has 1 fully saturated rings. The Labute approximate surface area is 79.0 Å². The van der Waals surface area contributed by atoms with Gasteiger partial charge in [0.25, 0.3) is 0 Å². The quantitative estimate of drug-likeness (QED) is 0.572. The van der Waals surface area contributed by atoms with E-state index in [2.05, 4.69) is 0 Å². The predicted octanol–water partition coefficient (Wildman–Crippen LogP) is 2.58. The van der Waals surface area contributed by atoms with E-state index in [4.69, 9.17) is 4.74 Å². The van der Waals surface area contributed by atoms with Crippen LogP contribution in [0.25, 0.3) is 0 Å². The number of carbonyl (C=O) groups is 1. The molecule has 2 rings (SSSR count). The summed E-state index contributed by atoms with van der Waals surface area (Å²) in [5.74, 6) is 0.230. The first-order valence-corrected chi connectivity index (χ1v) is 5.18. The van der Waals surface area contributed by atoms with Crippen LogP contribution in [0, 0.1) is 0 Å². The van der Waals surface area contributed by atoms with E-state index in [0.717, 1.165) is 12.8 Å². The minimum atomic E-state index is -0.123. The molecule has 0 atom stereocenters. The highest BCUT2D eigenvalue weighted by Crippen LogP contribution is 2.35. The molecule has 0 unspecified atom stereocenters. The van der Waals surface area contributed by atoms with Gasteiger partial charge in [-0.05, 0) is 25.7 Å². The topological polar surface area (TPSA) is 26.3 Å². The lowest BCUT2D eigenvalue weighted by Crippen LogP contribution is -2.35. The average Bonchev–Trinajstić information content (AvgIpc) is 2.31. The van der Waals surface area contributed by atoms with Crippen molar-refractivity contribution in [2.45, 2.75) is 50.5 Å². The van der Waals surface area contributed by atoms with E-state index >= 15 is 0 Å². The highest BCUT2D eigenvalue weighted by Gasteiger charge is 2.35. The first-order valence-electron chi connectivity index (χ1n) is 5.18. The van der Waals surface area contributed by atoms with Crippen molar-refractivity contribution in [1.29, 1.82) is 0 Å². The summed E-state index contributed by atoms with van der Waals surface area (Å²) in [7, 11) is 0. The molecule has 0 aromatic carbocycles. The fourth-order valence-corrected chi connectivity index (χ4v) is 2.34. The Kier molecular flexibility index (Phi) is 2.38. The summed E-state index contributed by atoms with van der Waals surface area (Å²) in [4.78, 5) is 11.3. The van der Waals surface area contributed by atoms with E-state index in [1.165, 1.54) is 25.7 Å². The van der Waals surface area contributed by atoms with Crippen LogP contribution in [0.4, 0.5) is 0 Å². The smallest absolute Gasteiger partial charge is 0.162 e. The maximum Gasteiger partial charge on any atom is 0.162 e. The largest absolute Gasteiger partial charge is 0.494 e. The van der Waals surface area contributed by atoms with Crippen LogP contribution in [0.2, 0.25) is 0 Å². The van der Waals surface area contributed by atoms with Gasteiger partial charge >= 0.3 is 0 Å². The summed E-state index contributed by atoms with van der Waals surface area (Å²) in [6.07, 6.45) is 10.9. The van der Waals surface area contributed by atoms with Crippen molar-refractivity contribution in [1.82, 2.24) is 0 Å². The molecule has 72 valence electrons. The van der Waals surface area contributed by atoms with Gasteiger partial charge < -0.3 is 4.74 Å². The minimum Gasteiger partial charge on any atom is -0.494 e. The second kappa shape index (κ2) is 3.52. The molecule has 0 amide bonds. The summed E-state index contributed by atoms with van der Waals surface area (Å²) in [5, 5.41) is 0. The molecule has 1 aliphatic carbocycles. The Morgan fingerprint density at radius 2 is 1.85 bits per heavy atom. The molecule has 1 aliphatic heterocycles. The molecule has 0 aromatic heterocycles. The molecule has 2 aliphatic rings.